The lowest BCUT2D eigenvalue weighted by Gasteiger charge is -2.08. The van der Waals surface area contributed by atoms with Gasteiger partial charge in [-0.1, -0.05) is 12.1 Å². The SMILES string of the molecule is Cc1cccc(OCCOC(=O)c2ccc(S(=O)(=O)C(F)F)cc2)c1. The smallest absolute Gasteiger partial charge is 0.341 e. The zero-order valence-corrected chi connectivity index (χ0v) is 14.1. The van der Waals surface area contributed by atoms with Crippen LogP contribution in [0, 0.1) is 6.92 Å². The molecule has 0 saturated heterocycles. The number of carbonyl (C=O) groups excluding carboxylic acids is 1. The summed E-state index contributed by atoms with van der Waals surface area (Å²) in [5.41, 5.74) is 1.09. The van der Waals surface area contributed by atoms with Crippen molar-refractivity contribution in [3.05, 3.63) is 59.7 Å². The first-order valence-electron chi connectivity index (χ1n) is 7.29. The van der Waals surface area contributed by atoms with Crippen molar-refractivity contribution < 1.29 is 31.5 Å². The van der Waals surface area contributed by atoms with Crippen molar-refractivity contribution in [1.29, 1.82) is 0 Å². The Morgan fingerprint density at radius 2 is 1.76 bits per heavy atom. The minimum atomic E-state index is -4.68. The van der Waals surface area contributed by atoms with Gasteiger partial charge in [0.25, 0.3) is 0 Å². The summed E-state index contributed by atoms with van der Waals surface area (Å²) in [6.07, 6.45) is 0. The van der Waals surface area contributed by atoms with E-state index in [0.29, 0.717) is 5.75 Å². The maximum atomic E-state index is 12.4. The largest absolute Gasteiger partial charge is 0.490 e. The van der Waals surface area contributed by atoms with Crippen LogP contribution in [-0.2, 0) is 14.6 Å². The Bertz CT molecular complexity index is 832. The highest BCUT2D eigenvalue weighted by atomic mass is 32.2. The highest BCUT2D eigenvalue weighted by molar-refractivity contribution is 7.91. The fourth-order valence-corrected chi connectivity index (χ4v) is 2.69. The number of sulfone groups is 1. The van der Waals surface area contributed by atoms with Crippen LogP contribution in [0.3, 0.4) is 0 Å². The lowest BCUT2D eigenvalue weighted by Crippen LogP contribution is -2.14. The molecule has 0 fully saturated rings. The maximum absolute atomic E-state index is 12.4. The number of carbonyl (C=O) groups is 1. The number of ether oxygens (including phenoxy) is 2. The van der Waals surface area contributed by atoms with E-state index in [-0.39, 0.29) is 18.8 Å². The van der Waals surface area contributed by atoms with Gasteiger partial charge in [0, 0.05) is 0 Å². The summed E-state index contributed by atoms with van der Waals surface area (Å²) in [6, 6.07) is 11.5. The number of hydrogen-bond donors (Lipinski definition) is 0. The van der Waals surface area contributed by atoms with Crippen molar-refractivity contribution in [3.8, 4) is 5.75 Å². The molecule has 2 aromatic rings. The van der Waals surface area contributed by atoms with Gasteiger partial charge >= 0.3 is 11.7 Å². The summed E-state index contributed by atoms with van der Waals surface area (Å²) in [5, 5.41) is 0. The average Bonchev–Trinajstić information content (AvgIpc) is 2.58. The fraction of sp³-hybridized carbons (Fsp3) is 0.235. The van der Waals surface area contributed by atoms with Crippen LogP contribution in [0.15, 0.2) is 53.4 Å². The molecule has 0 radical (unpaired) electrons. The average molecular weight is 370 g/mol. The molecule has 0 bridgehead atoms. The van der Waals surface area contributed by atoms with Gasteiger partial charge in [-0.25, -0.2) is 13.2 Å². The lowest BCUT2D eigenvalue weighted by atomic mass is 10.2. The van der Waals surface area contributed by atoms with Crippen LogP contribution in [0.4, 0.5) is 8.78 Å². The molecule has 0 aliphatic rings. The Morgan fingerprint density at radius 3 is 2.36 bits per heavy atom. The molecule has 2 rings (SSSR count). The number of aryl methyl sites for hydroxylation is 1. The third-order valence-electron chi connectivity index (χ3n) is 3.23. The highest BCUT2D eigenvalue weighted by Crippen LogP contribution is 2.19. The first kappa shape index (κ1) is 18.9. The van der Waals surface area contributed by atoms with E-state index in [1.807, 2.05) is 25.1 Å². The molecule has 0 spiro atoms. The van der Waals surface area contributed by atoms with Crippen molar-refractivity contribution in [1.82, 2.24) is 0 Å². The lowest BCUT2D eigenvalue weighted by molar-refractivity contribution is 0.0450. The van der Waals surface area contributed by atoms with Crippen LogP contribution in [-0.4, -0.2) is 33.4 Å². The molecule has 0 N–H and O–H groups in total. The molecule has 0 heterocycles. The second-order valence-corrected chi connectivity index (χ2v) is 7.05. The topological polar surface area (TPSA) is 69.7 Å². The number of benzene rings is 2. The number of rotatable bonds is 7. The van der Waals surface area contributed by atoms with E-state index in [9.17, 15) is 22.0 Å². The quantitative estimate of drug-likeness (QED) is 0.553. The number of esters is 1. The minimum absolute atomic E-state index is 0.0101. The standard InChI is InChI=1S/C17H16F2O5S/c1-12-3-2-4-14(11-12)23-9-10-24-16(20)13-5-7-15(8-6-13)25(21,22)17(18)19/h2-8,11,17H,9-10H2,1H3. The zero-order valence-electron chi connectivity index (χ0n) is 13.3. The molecular formula is C17H16F2O5S. The first-order chi connectivity index (χ1) is 11.8. The summed E-state index contributed by atoms with van der Waals surface area (Å²) >= 11 is 0. The third kappa shape index (κ3) is 4.99. The highest BCUT2D eigenvalue weighted by Gasteiger charge is 2.26. The van der Waals surface area contributed by atoms with Crippen molar-refractivity contribution >= 4 is 15.8 Å². The normalized spacial score (nSPS) is 11.4. The Balaban J connectivity index is 1.87. The van der Waals surface area contributed by atoms with Crippen LogP contribution in [0.25, 0.3) is 0 Å². The maximum Gasteiger partial charge on any atom is 0.341 e. The van der Waals surface area contributed by atoms with E-state index >= 15 is 0 Å². The van der Waals surface area contributed by atoms with E-state index in [2.05, 4.69) is 0 Å². The Morgan fingerprint density at radius 1 is 1.08 bits per heavy atom. The van der Waals surface area contributed by atoms with Crippen molar-refractivity contribution in [3.63, 3.8) is 0 Å². The van der Waals surface area contributed by atoms with Gasteiger partial charge in [-0.15, -0.1) is 0 Å². The summed E-state index contributed by atoms with van der Waals surface area (Å²) in [4.78, 5) is 11.3. The molecule has 2 aromatic carbocycles. The molecule has 0 aliphatic carbocycles. The van der Waals surface area contributed by atoms with Gasteiger partial charge in [-0.3, -0.25) is 0 Å². The predicted octanol–water partition coefficient (Wildman–Crippen LogP) is 3.23. The van der Waals surface area contributed by atoms with Crippen molar-refractivity contribution in [2.24, 2.45) is 0 Å². The number of hydrogen-bond acceptors (Lipinski definition) is 5. The van der Waals surface area contributed by atoms with Crippen molar-refractivity contribution in [2.45, 2.75) is 17.6 Å². The summed E-state index contributed by atoms with van der Waals surface area (Å²) < 4.78 is 57.9. The van der Waals surface area contributed by atoms with Gasteiger partial charge < -0.3 is 9.47 Å². The molecule has 0 aromatic heterocycles. The second kappa shape index (κ2) is 8.06. The summed E-state index contributed by atoms with van der Waals surface area (Å²) in [7, 11) is -4.68. The minimum Gasteiger partial charge on any atom is -0.490 e. The van der Waals surface area contributed by atoms with Crippen LogP contribution in [0.1, 0.15) is 15.9 Å². The third-order valence-corrected chi connectivity index (χ3v) is 4.63. The molecule has 25 heavy (non-hydrogen) atoms. The van der Waals surface area contributed by atoms with Crippen LogP contribution >= 0.6 is 0 Å². The molecule has 5 nitrogen and oxygen atoms in total. The molecular weight excluding hydrogens is 354 g/mol. The predicted molar refractivity (Wildman–Crippen MR) is 86.6 cm³/mol. The number of alkyl halides is 2. The van der Waals surface area contributed by atoms with Gasteiger partial charge in [0.2, 0.25) is 9.84 Å². The Labute approximate surface area is 144 Å². The summed E-state index contributed by atoms with van der Waals surface area (Å²) in [6.45, 7) is 2.06. The van der Waals surface area contributed by atoms with Gasteiger partial charge in [-0.2, -0.15) is 8.78 Å². The van der Waals surface area contributed by atoms with Gasteiger partial charge in [-0.05, 0) is 48.9 Å². The van der Waals surface area contributed by atoms with E-state index < -0.39 is 26.5 Å². The van der Waals surface area contributed by atoms with Crippen LogP contribution in [0.2, 0.25) is 0 Å². The molecule has 134 valence electrons. The number of halogens is 2. The van der Waals surface area contributed by atoms with Gasteiger partial charge in [0.1, 0.15) is 19.0 Å². The Kier molecular flexibility index (Phi) is 6.08. The fourth-order valence-electron chi connectivity index (χ4n) is 1.97. The molecule has 0 unspecified atom stereocenters. The van der Waals surface area contributed by atoms with E-state index in [1.165, 1.54) is 0 Å². The molecule has 0 amide bonds. The molecule has 0 saturated carbocycles. The van der Waals surface area contributed by atoms with E-state index in [4.69, 9.17) is 9.47 Å². The van der Waals surface area contributed by atoms with Crippen LogP contribution in [0.5, 0.6) is 5.75 Å². The molecule has 0 atom stereocenters. The Hall–Kier alpha value is -2.48. The summed E-state index contributed by atoms with van der Waals surface area (Å²) in [5.74, 6) is -3.56. The monoisotopic (exact) mass is 370 g/mol. The van der Waals surface area contributed by atoms with E-state index in [1.54, 1.807) is 6.07 Å². The first-order valence-corrected chi connectivity index (χ1v) is 8.84. The van der Waals surface area contributed by atoms with Gasteiger partial charge in [0.05, 0.1) is 10.5 Å². The molecule has 8 heteroatoms. The van der Waals surface area contributed by atoms with E-state index in [0.717, 1.165) is 29.8 Å². The van der Waals surface area contributed by atoms with Crippen LogP contribution < -0.4 is 4.74 Å². The second-order valence-electron chi connectivity index (χ2n) is 5.13. The van der Waals surface area contributed by atoms with Crippen molar-refractivity contribution in [2.75, 3.05) is 13.2 Å². The van der Waals surface area contributed by atoms with Gasteiger partial charge in [0.15, 0.2) is 0 Å². The zero-order chi connectivity index (χ0) is 18.4. The molecule has 0 aliphatic heterocycles.